The quantitative estimate of drug-likeness (QED) is 0.310. The van der Waals surface area contributed by atoms with Crippen LogP contribution in [0.2, 0.25) is 0 Å². The number of hydrogen-bond acceptors (Lipinski definition) is 6. The molecule has 2 heterocycles. The summed E-state index contributed by atoms with van der Waals surface area (Å²) >= 11 is 1.64. The Hall–Kier alpha value is -2.93. The Balaban J connectivity index is 1.49. The monoisotopic (exact) mass is 447 g/mol. The third kappa shape index (κ3) is 5.27. The van der Waals surface area contributed by atoms with Gasteiger partial charge in [0.1, 0.15) is 12.4 Å². The third-order valence-corrected chi connectivity index (χ3v) is 6.20. The number of thioether (sulfide) groups is 1. The molecule has 2 aromatic carbocycles. The van der Waals surface area contributed by atoms with Gasteiger partial charge in [-0.05, 0) is 49.1 Å². The van der Waals surface area contributed by atoms with Crippen molar-refractivity contribution in [3.63, 3.8) is 0 Å². The number of fused-ring (bicyclic) bond motifs is 1. The smallest absolute Gasteiger partial charge is 0.191 e. The molecule has 32 heavy (non-hydrogen) atoms. The summed E-state index contributed by atoms with van der Waals surface area (Å²) in [5, 5.41) is 9.78. The topological polar surface area (TPSA) is 65.7 Å². The van der Waals surface area contributed by atoms with Crippen LogP contribution >= 0.6 is 11.8 Å². The van der Waals surface area contributed by atoms with Crippen LogP contribution in [0, 0.1) is 12.8 Å². The molecule has 7 heteroatoms. The molecule has 0 saturated heterocycles. The van der Waals surface area contributed by atoms with Crippen LogP contribution in [0.25, 0.3) is 11.0 Å². The fraction of sp³-hybridized carbons (Fsp3) is 0.360. The van der Waals surface area contributed by atoms with E-state index in [2.05, 4.69) is 47.7 Å². The number of aryl methyl sites for hydroxylation is 2. The molecule has 2 aromatic heterocycles. The molecule has 4 aromatic rings. The van der Waals surface area contributed by atoms with Crippen LogP contribution in [0.3, 0.4) is 0 Å². The molecule has 4 rings (SSSR count). The minimum absolute atomic E-state index is 0.389. The predicted molar refractivity (Wildman–Crippen MR) is 129 cm³/mol. The fourth-order valence-corrected chi connectivity index (χ4v) is 4.42. The second-order valence-corrected chi connectivity index (χ2v) is 9.17. The van der Waals surface area contributed by atoms with Crippen molar-refractivity contribution >= 4 is 22.8 Å². The van der Waals surface area contributed by atoms with Gasteiger partial charge in [0.05, 0.1) is 22.4 Å². The molecule has 166 valence electrons. The zero-order valence-electron chi connectivity index (χ0n) is 19.1. The second kappa shape index (κ2) is 10.1. The van der Waals surface area contributed by atoms with Gasteiger partial charge in [-0.15, -0.1) is 10.2 Å². The third-order valence-electron chi connectivity index (χ3n) is 5.22. The van der Waals surface area contributed by atoms with Crippen molar-refractivity contribution in [1.82, 2.24) is 24.7 Å². The Kier molecular flexibility index (Phi) is 7.05. The summed E-state index contributed by atoms with van der Waals surface area (Å²) in [6, 6.07) is 16.2. The number of aromatic nitrogens is 5. The van der Waals surface area contributed by atoms with Gasteiger partial charge < -0.3 is 9.30 Å². The van der Waals surface area contributed by atoms with E-state index in [0.29, 0.717) is 18.3 Å². The lowest BCUT2D eigenvalue weighted by Gasteiger charge is -2.13. The maximum atomic E-state index is 6.00. The predicted octanol–water partition coefficient (Wildman–Crippen LogP) is 5.62. The van der Waals surface area contributed by atoms with E-state index in [1.165, 1.54) is 5.56 Å². The highest BCUT2D eigenvalue weighted by Crippen LogP contribution is 2.25. The van der Waals surface area contributed by atoms with E-state index in [-0.39, 0.29) is 0 Å². The number of nitrogens with zero attached hydrogens (tertiary/aromatic N) is 5. The number of para-hydroxylation sites is 2. The lowest BCUT2D eigenvalue weighted by Crippen LogP contribution is -2.12. The van der Waals surface area contributed by atoms with Crippen LogP contribution in [-0.2, 0) is 25.3 Å². The van der Waals surface area contributed by atoms with Crippen molar-refractivity contribution in [3.05, 3.63) is 71.3 Å². The lowest BCUT2D eigenvalue weighted by molar-refractivity contribution is 0.284. The second-order valence-electron chi connectivity index (χ2n) is 8.22. The summed E-state index contributed by atoms with van der Waals surface area (Å²) in [5.74, 6) is 2.84. The molecule has 0 amide bonds. The van der Waals surface area contributed by atoms with Gasteiger partial charge in [0, 0.05) is 12.3 Å². The van der Waals surface area contributed by atoms with Crippen molar-refractivity contribution in [3.8, 4) is 5.75 Å². The SMILES string of the molecule is CCc1ccc(OCc2nnc(SCc3nc4ccccc4nc3C)n2CC(C)C)cc1. The molecule has 0 atom stereocenters. The molecular weight excluding hydrogens is 418 g/mol. The van der Waals surface area contributed by atoms with Crippen molar-refractivity contribution in [2.24, 2.45) is 5.92 Å². The number of hydrogen-bond donors (Lipinski definition) is 0. The van der Waals surface area contributed by atoms with Gasteiger partial charge in [0.2, 0.25) is 0 Å². The average Bonchev–Trinajstić information content (AvgIpc) is 3.17. The van der Waals surface area contributed by atoms with Gasteiger partial charge in [-0.3, -0.25) is 0 Å². The highest BCUT2D eigenvalue weighted by atomic mass is 32.2. The van der Waals surface area contributed by atoms with E-state index in [0.717, 1.165) is 52.1 Å². The van der Waals surface area contributed by atoms with Gasteiger partial charge >= 0.3 is 0 Å². The number of ether oxygens (including phenoxy) is 1. The summed E-state index contributed by atoms with van der Waals surface area (Å²) in [6.45, 7) is 9.78. The van der Waals surface area contributed by atoms with Gasteiger partial charge in [-0.25, -0.2) is 9.97 Å². The van der Waals surface area contributed by atoms with Gasteiger partial charge in [0.15, 0.2) is 11.0 Å². The molecule has 0 saturated carbocycles. The highest BCUT2D eigenvalue weighted by Gasteiger charge is 2.16. The maximum absolute atomic E-state index is 6.00. The van der Waals surface area contributed by atoms with E-state index in [9.17, 15) is 0 Å². The van der Waals surface area contributed by atoms with Crippen molar-refractivity contribution in [2.45, 2.75) is 58.2 Å². The normalized spacial score (nSPS) is 11.4. The average molecular weight is 448 g/mol. The molecule has 0 N–H and O–H groups in total. The Bertz CT molecular complexity index is 1190. The Morgan fingerprint density at radius 3 is 2.38 bits per heavy atom. The van der Waals surface area contributed by atoms with E-state index in [4.69, 9.17) is 14.7 Å². The Labute approximate surface area is 193 Å². The molecule has 0 fully saturated rings. The summed E-state index contributed by atoms with van der Waals surface area (Å²) < 4.78 is 8.17. The number of rotatable bonds is 9. The minimum atomic E-state index is 0.389. The minimum Gasteiger partial charge on any atom is -0.486 e. The van der Waals surface area contributed by atoms with Gasteiger partial charge in [-0.1, -0.05) is 56.8 Å². The lowest BCUT2D eigenvalue weighted by atomic mass is 10.2. The van der Waals surface area contributed by atoms with Crippen LogP contribution in [0.5, 0.6) is 5.75 Å². The fourth-order valence-electron chi connectivity index (χ4n) is 3.44. The zero-order valence-corrected chi connectivity index (χ0v) is 19.9. The zero-order chi connectivity index (χ0) is 22.5. The van der Waals surface area contributed by atoms with Gasteiger partial charge in [0.25, 0.3) is 0 Å². The molecule has 0 unspecified atom stereocenters. The Morgan fingerprint density at radius 1 is 0.969 bits per heavy atom. The van der Waals surface area contributed by atoms with E-state index in [1.54, 1.807) is 11.8 Å². The highest BCUT2D eigenvalue weighted by molar-refractivity contribution is 7.98. The number of benzene rings is 2. The first-order chi connectivity index (χ1) is 15.5. The largest absolute Gasteiger partial charge is 0.486 e. The van der Waals surface area contributed by atoms with Crippen molar-refractivity contribution in [1.29, 1.82) is 0 Å². The first-order valence-electron chi connectivity index (χ1n) is 11.0. The van der Waals surface area contributed by atoms with Crippen LogP contribution in [-0.4, -0.2) is 24.7 Å². The molecule has 0 aliphatic heterocycles. The summed E-state index contributed by atoms with van der Waals surface area (Å²) in [4.78, 5) is 9.51. The van der Waals surface area contributed by atoms with E-state index in [1.807, 2.05) is 43.3 Å². The molecular formula is C25H29N5OS. The summed E-state index contributed by atoms with van der Waals surface area (Å²) in [5.41, 5.74) is 5.06. The van der Waals surface area contributed by atoms with Gasteiger partial charge in [-0.2, -0.15) is 0 Å². The molecule has 0 radical (unpaired) electrons. The van der Waals surface area contributed by atoms with E-state index < -0.39 is 0 Å². The standard InChI is InChI=1S/C25H29N5OS/c1-5-19-10-12-20(13-11-19)31-15-24-28-29-25(30(24)14-17(2)3)32-16-23-18(4)26-21-8-6-7-9-22(21)27-23/h6-13,17H,5,14-16H2,1-4H3. The first kappa shape index (κ1) is 22.3. The van der Waals surface area contributed by atoms with Crippen LogP contribution < -0.4 is 4.74 Å². The molecule has 0 bridgehead atoms. The molecule has 0 spiro atoms. The summed E-state index contributed by atoms with van der Waals surface area (Å²) in [6.07, 6.45) is 1.02. The molecule has 0 aliphatic rings. The van der Waals surface area contributed by atoms with E-state index >= 15 is 0 Å². The summed E-state index contributed by atoms with van der Waals surface area (Å²) in [7, 11) is 0. The van der Waals surface area contributed by atoms with Crippen LogP contribution in [0.15, 0.2) is 53.7 Å². The first-order valence-corrected chi connectivity index (χ1v) is 12.0. The maximum Gasteiger partial charge on any atom is 0.191 e. The Morgan fingerprint density at radius 2 is 1.69 bits per heavy atom. The van der Waals surface area contributed by atoms with Crippen molar-refractivity contribution < 1.29 is 4.74 Å². The van der Waals surface area contributed by atoms with Crippen LogP contribution in [0.1, 0.15) is 43.5 Å². The van der Waals surface area contributed by atoms with Crippen molar-refractivity contribution in [2.75, 3.05) is 0 Å². The van der Waals surface area contributed by atoms with Crippen LogP contribution in [0.4, 0.5) is 0 Å². The molecule has 6 nitrogen and oxygen atoms in total. The molecule has 0 aliphatic carbocycles.